The maximum Gasteiger partial charge on any atom is 0.312 e. The molecule has 4 aliphatic rings. The highest BCUT2D eigenvalue weighted by molar-refractivity contribution is 5.78. The van der Waals surface area contributed by atoms with Gasteiger partial charge in [0.15, 0.2) is 0 Å². The largest absolute Gasteiger partial charge is 0.481 e. The van der Waals surface area contributed by atoms with E-state index in [2.05, 4.69) is 0 Å². The van der Waals surface area contributed by atoms with Gasteiger partial charge in [0.1, 0.15) is 0 Å². The fraction of sp³-hybridized carbons (Fsp3) is 0.900. The fourth-order valence-electron chi connectivity index (χ4n) is 7.70. The summed E-state index contributed by atoms with van der Waals surface area (Å²) in [7, 11) is 0. The summed E-state index contributed by atoms with van der Waals surface area (Å²) in [6, 6.07) is 0. The number of aliphatic hydroxyl groups is 3. The van der Waals surface area contributed by atoms with Crippen LogP contribution < -0.4 is 0 Å². The van der Waals surface area contributed by atoms with Crippen molar-refractivity contribution in [3.8, 4) is 0 Å². The van der Waals surface area contributed by atoms with Gasteiger partial charge in [-0.15, -0.1) is 0 Å². The van der Waals surface area contributed by atoms with Crippen LogP contribution in [-0.2, 0) is 9.59 Å². The molecule has 4 saturated carbocycles. The maximum absolute atomic E-state index is 12.5. The van der Waals surface area contributed by atoms with Gasteiger partial charge >= 0.3 is 11.9 Å². The molecular formula is C20H30O7. The highest BCUT2D eigenvalue weighted by Crippen LogP contribution is 2.69. The number of fused-ring (bicyclic) bond motifs is 5. The molecule has 0 amide bonds. The van der Waals surface area contributed by atoms with Crippen molar-refractivity contribution in [3.63, 3.8) is 0 Å². The maximum atomic E-state index is 12.5. The van der Waals surface area contributed by atoms with Gasteiger partial charge in [-0.2, -0.15) is 0 Å². The molecule has 0 spiro atoms. The lowest BCUT2D eigenvalue weighted by molar-refractivity contribution is -0.261. The molecule has 27 heavy (non-hydrogen) atoms. The molecule has 0 unspecified atom stereocenters. The summed E-state index contributed by atoms with van der Waals surface area (Å²) in [6.45, 7) is 1.84. The van der Waals surface area contributed by atoms with E-state index in [4.69, 9.17) is 0 Å². The van der Waals surface area contributed by atoms with Crippen LogP contribution in [0, 0.1) is 28.6 Å². The van der Waals surface area contributed by atoms with Crippen LogP contribution >= 0.6 is 0 Å². The summed E-state index contributed by atoms with van der Waals surface area (Å²) in [5.74, 6) is -3.32. The Kier molecular flexibility index (Phi) is 4.02. The van der Waals surface area contributed by atoms with Crippen LogP contribution in [0.5, 0.6) is 0 Å². The first-order valence-corrected chi connectivity index (χ1v) is 10.1. The number of hydrogen-bond donors (Lipinski definition) is 5. The quantitative estimate of drug-likeness (QED) is 0.487. The molecule has 0 aromatic rings. The van der Waals surface area contributed by atoms with Crippen LogP contribution in [-0.4, -0.2) is 54.8 Å². The van der Waals surface area contributed by atoms with Crippen molar-refractivity contribution in [2.45, 2.75) is 82.0 Å². The molecule has 4 fully saturated rings. The van der Waals surface area contributed by atoms with Gasteiger partial charge in [-0.05, 0) is 63.2 Å². The number of aliphatic carboxylic acids is 2. The summed E-state index contributed by atoms with van der Waals surface area (Å²) < 4.78 is 0. The molecule has 7 nitrogen and oxygen atoms in total. The second-order valence-electron chi connectivity index (χ2n) is 9.77. The Hall–Kier alpha value is -1.18. The van der Waals surface area contributed by atoms with Gasteiger partial charge in [0, 0.05) is 11.8 Å². The Morgan fingerprint density at radius 3 is 2.19 bits per heavy atom. The number of carboxylic acid groups (broad SMARTS) is 2. The van der Waals surface area contributed by atoms with Crippen LogP contribution in [0.4, 0.5) is 0 Å². The third-order valence-electron chi connectivity index (χ3n) is 9.10. The van der Waals surface area contributed by atoms with Crippen molar-refractivity contribution in [1.29, 1.82) is 0 Å². The topological polar surface area (TPSA) is 135 Å². The average Bonchev–Trinajstić information content (AvgIpc) is 2.85. The van der Waals surface area contributed by atoms with Crippen molar-refractivity contribution in [3.05, 3.63) is 0 Å². The van der Waals surface area contributed by atoms with E-state index < -0.39 is 51.9 Å². The zero-order valence-corrected chi connectivity index (χ0v) is 15.7. The highest BCUT2D eigenvalue weighted by Gasteiger charge is 2.73. The molecule has 7 heteroatoms. The Balaban J connectivity index is 1.78. The van der Waals surface area contributed by atoms with Crippen LogP contribution in [0.3, 0.4) is 0 Å². The molecule has 0 radical (unpaired) electrons. The van der Waals surface area contributed by atoms with Gasteiger partial charge in [0.25, 0.3) is 0 Å². The average molecular weight is 382 g/mol. The molecule has 4 aliphatic carbocycles. The van der Waals surface area contributed by atoms with Crippen molar-refractivity contribution >= 4 is 11.9 Å². The van der Waals surface area contributed by atoms with Crippen molar-refractivity contribution in [1.82, 2.24) is 0 Å². The van der Waals surface area contributed by atoms with Crippen LogP contribution in [0.25, 0.3) is 0 Å². The molecule has 0 aromatic heterocycles. The molecule has 4 rings (SSSR count). The lowest BCUT2D eigenvalue weighted by atomic mass is 9.41. The summed E-state index contributed by atoms with van der Waals surface area (Å²) in [6.07, 6.45) is 2.21. The number of carboxylic acids is 2. The minimum Gasteiger partial charge on any atom is -0.481 e. The summed E-state index contributed by atoms with van der Waals surface area (Å²) in [5, 5.41) is 53.0. The minimum atomic E-state index is -1.48. The van der Waals surface area contributed by atoms with E-state index >= 15 is 0 Å². The van der Waals surface area contributed by atoms with Crippen LogP contribution in [0.1, 0.15) is 64.7 Å². The number of aliphatic hydroxyl groups excluding tert-OH is 1. The molecule has 0 aromatic carbocycles. The number of rotatable bonds is 2. The fourth-order valence-corrected chi connectivity index (χ4v) is 7.70. The smallest absolute Gasteiger partial charge is 0.312 e. The van der Waals surface area contributed by atoms with E-state index in [1.54, 1.807) is 0 Å². The van der Waals surface area contributed by atoms with Crippen molar-refractivity contribution < 1.29 is 35.1 Å². The van der Waals surface area contributed by atoms with E-state index in [1.807, 2.05) is 6.92 Å². The summed E-state index contributed by atoms with van der Waals surface area (Å²) in [5.41, 5.74) is -4.86. The van der Waals surface area contributed by atoms with E-state index in [-0.39, 0.29) is 25.2 Å². The Bertz CT molecular complexity index is 679. The number of carbonyl (C=O) groups is 2. The molecule has 8 atom stereocenters. The zero-order chi connectivity index (χ0) is 19.8. The number of hydrogen-bond acceptors (Lipinski definition) is 5. The SMILES string of the molecule is C[C@@]12CC[C@@H]3[C@H](CC[C@@]4(O)C[C@@H](O)CC[C@]34C(=O)O)[C@@]1(O)CC[C@H]2C(=O)O. The first-order valence-electron chi connectivity index (χ1n) is 10.1. The molecule has 0 bridgehead atoms. The van der Waals surface area contributed by atoms with Crippen LogP contribution in [0.2, 0.25) is 0 Å². The van der Waals surface area contributed by atoms with Crippen molar-refractivity contribution in [2.24, 2.45) is 28.6 Å². The van der Waals surface area contributed by atoms with E-state index in [0.29, 0.717) is 38.5 Å². The van der Waals surface area contributed by atoms with Gasteiger partial charge in [0.2, 0.25) is 0 Å². The third kappa shape index (κ3) is 2.13. The lowest BCUT2D eigenvalue weighted by Crippen LogP contribution is -2.70. The van der Waals surface area contributed by atoms with Gasteiger partial charge in [-0.1, -0.05) is 6.92 Å². The normalized spacial score (nSPS) is 54.5. The van der Waals surface area contributed by atoms with E-state index in [9.17, 15) is 35.1 Å². The monoisotopic (exact) mass is 382 g/mol. The summed E-state index contributed by atoms with van der Waals surface area (Å²) >= 11 is 0. The van der Waals surface area contributed by atoms with Crippen molar-refractivity contribution in [2.75, 3.05) is 0 Å². The predicted octanol–water partition coefficient (Wildman–Crippen LogP) is 1.39. The Morgan fingerprint density at radius 1 is 0.889 bits per heavy atom. The Morgan fingerprint density at radius 2 is 1.56 bits per heavy atom. The second kappa shape index (κ2) is 5.67. The Labute approximate surface area is 158 Å². The van der Waals surface area contributed by atoms with Gasteiger partial charge in [-0.3, -0.25) is 9.59 Å². The zero-order valence-electron chi connectivity index (χ0n) is 15.7. The molecule has 0 saturated heterocycles. The third-order valence-corrected chi connectivity index (χ3v) is 9.10. The summed E-state index contributed by atoms with van der Waals surface area (Å²) in [4.78, 5) is 24.3. The van der Waals surface area contributed by atoms with Gasteiger partial charge in [0.05, 0.1) is 28.6 Å². The second-order valence-corrected chi connectivity index (χ2v) is 9.77. The first kappa shape index (κ1) is 19.2. The van der Waals surface area contributed by atoms with Gasteiger partial charge < -0.3 is 25.5 Å². The lowest BCUT2D eigenvalue weighted by Gasteiger charge is -2.64. The minimum absolute atomic E-state index is 0.0516. The molecule has 5 N–H and O–H groups in total. The standard InChI is InChI=1S/C20H30O7/c1-17-6-3-12-13(20(17,27)9-5-14(17)15(22)23)4-7-18(26)10-11(21)2-8-19(12,18)16(24)25/h11-14,21,26-27H,2-10H2,1H3,(H,22,23)(H,24,25)/t11-,12+,13-,14-,17-,18+,19+,20-/m0/s1. The van der Waals surface area contributed by atoms with E-state index in [0.717, 1.165) is 0 Å². The predicted molar refractivity (Wildman–Crippen MR) is 93.7 cm³/mol. The highest BCUT2D eigenvalue weighted by atomic mass is 16.4. The van der Waals surface area contributed by atoms with E-state index in [1.165, 1.54) is 0 Å². The molecule has 0 aliphatic heterocycles. The molecule has 0 heterocycles. The van der Waals surface area contributed by atoms with Crippen LogP contribution in [0.15, 0.2) is 0 Å². The first-order chi connectivity index (χ1) is 12.5. The van der Waals surface area contributed by atoms with Gasteiger partial charge in [-0.25, -0.2) is 0 Å². The molecular weight excluding hydrogens is 352 g/mol. The molecule has 152 valence electrons.